The molecule has 2 rings (SSSR count). The molecule has 0 radical (unpaired) electrons. The summed E-state index contributed by atoms with van der Waals surface area (Å²) in [5.74, 6) is 1.30. The maximum atomic E-state index is 11.0. The van der Waals surface area contributed by atoms with Gasteiger partial charge in [0.1, 0.15) is 5.76 Å². The summed E-state index contributed by atoms with van der Waals surface area (Å²) in [6, 6.07) is 0. The molecule has 2 bridgehead atoms. The molecule has 2 heteroatoms. The summed E-state index contributed by atoms with van der Waals surface area (Å²) in [6.07, 6.45) is 4.53. The van der Waals surface area contributed by atoms with Crippen molar-refractivity contribution in [1.82, 2.24) is 0 Å². The van der Waals surface area contributed by atoms with E-state index in [-0.39, 0.29) is 16.8 Å². The lowest BCUT2D eigenvalue weighted by Gasteiger charge is -2.36. The van der Waals surface area contributed by atoms with E-state index in [0.29, 0.717) is 5.92 Å². The van der Waals surface area contributed by atoms with Gasteiger partial charge in [-0.05, 0) is 30.3 Å². The highest BCUT2D eigenvalue weighted by Crippen LogP contribution is 2.65. The van der Waals surface area contributed by atoms with Crippen LogP contribution in [0.25, 0.3) is 0 Å². The van der Waals surface area contributed by atoms with Crippen molar-refractivity contribution in [2.45, 2.75) is 40.5 Å². The van der Waals surface area contributed by atoms with Gasteiger partial charge in [-0.1, -0.05) is 20.8 Å². The SMILES string of the molecule is CC(=O)OC1=CC2CCC1(C)C2(C)C. The molecule has 2 aliphatic carbocycles. The Morgan fingerprint density at radius 1 is 1.50 bits per heavy atom. The molecule has 0 heterocycles. The molecule has 0 N–H and O–H groups in total. The Hall–Kier alpha value is -0.790. The Labute approximate surface area is 85.3 Å². The standard InChI is InChI=1S/C12H18O2/c1-8(13)14-10-7-9-5-6-12(10,4)11(9,2)3/h7,9H,5-6H2,1-4H3. The first-order chi connectivity index (χ1) is 6.38. The Bertz CT molecular complexity index is 314. The molecule has 0 aliphatic heterocycles. The molecule has 2 unspecified atom stereocenters. The number of allylic oxidation sites excluding steroid dienone is 2. The van der Waals surface area contributed by atoms with Gasteiger partial charge >= 0.3 is 5.97 Å². The lowest BCUT2D eigenvalue weighted by Crippen LogP contribution is -2.31. The van der Waals surface area contributed by atoms with Crippen LogP contribution in [0, 0.1) is 16.7 Å². The van der Waals surface area contributed by atoms with Gasteiger partial charge in [0.05, 0.1) is 0 Å². The van der Waals surface area contributed by atoms with E-state index in [2.05, 4.69) is 26.8 Å². The van der Waals surface area contributed by atoms with Crippen LogP contribution in [0.2, 0.25) is 0 Å². The summed E-state index contributed by atoms with van der Waals surface area (Å²) in [4.78, 5) is 11.0. The van der Waals surface area contributed by atoms with Crippen molar-refractivity contribution in [2.75, 3.05) is 0 Å². The minimum absolute atomic E-state index is 0.0728. The number of ether oxygens (including phenoxy) is 1. The third kappa shape index (κ3) is 0.999. The molecule has 0 aromatic carbocycles. The van der Waals surface area contributed by atoms with Gasteiger partial charge in [-0.15, -0.1) is 0 Å². The molecule has 0 spiro atoms. The van der Waals surface area contributed by atoms with Gasteiger partial charge in [0.15, 0.2) is 0 Å². The van der Waals surface area contributed by atoms with Gasteiger partial charge < -0.3 is 4.74 Å². The first-order valence-electron chi connectivity index (χ1n) is 5.28. The summed E-state index contributed by atoms with van der Waals surface area (Å²) >= 11 is 0. The Balaban J connectivity index is 2.32. The highest BCUT2D eigenvalue weighted by molar-refractivity contribution is 5.67. The van der Waals surface area contributed by atoms with E-state index in [1.54, 1.807) is 0 Å². The third-order valence-electron chi connectivity index (χ3n) is 4.45. The molecule has 78 valence electrons. The quantitative estimate of drug-likeness (QED) is 0.600. The summed E-state index contributed by atoms with van der Waals surface area (Å²) in [5.41, 5.74) is 0.321. The molecule has 1 saturated carbocycles. The molecular formula is C12H18O2. The van der Waals surface area contributed by atoms with Crippen molar-refractivity contribution in [2.24, 2.45) is 16.7 Å². The highest BCUT2D eigenvalue weighted by atomic mass is 16.5. The smallest absolute Gasteiger partial charge is 0.307 e. The maximum Gasteiger partial charge on any atom is 0.307 e. The van der Waals surface area contributed by atoms with E-state index in [1.165, 1.54) is 13.3 Å². The predicted octanol–water partition coefficient (Wildman–Crippen LogP) is 2.89. The fourth-order valence-electron chi connectivity index (χ4n) is 2.94. The van der Waals surface area contributed by atoms with Crippen molar-refractivity contribution in [3.63, 3.8) is 0 Å². The zero-order valence-corrected chi connectivity index (χ0v) is 9.39. The number of rotatable bonds is 1. The third-order valence-corrected chi connectivity index (χ3v) is 4.45. The molecule has 1 fully saturated rings. The fourth-order valence-corrected chi connectivity index (χ4v) is 2.94. The molecule has 0 amide bonds. The van der Waals surface area contributed by atoms with Crippen LogP contribution in [0.1, 0.15) is 40.5 Å². The Kier molecular flexibility index (Phi) is 1.82. The normalized spacial score (nSPS) is 38.3. The summed E-state index contributed by atoms with van der Waals surface area (Å²) in [7, 11) is 0. The zero-order valence-electron chi connectivity index (χ0n) is 9.39. The van der Waals surface area contributed by atoms with Crippen LogP contribution in [0.15, 0.2) is 11.8 Å². The van der Waals surface area contributed by atoms with Crippen LogP contribution in [-0.4, -0.2) is 5.97 Å². The van der Waals surface area contributed by atoms with Crippen LogP contribution in [0.3, 0.4) is 0 Å². The van der Waals surface area contributed by atoms with Gasteiger partial charge in [0.25, 0.3) is 0 Å². The van der Waals surface area contributed by atoms with E-state index in [1.807, 2.05) is 0 Å². The summed E-state index contributed by atoms with van der Waals surface area (Å²) < 4.78 is 5.31. The van der Waals surface area contributed by atoms with E-state index in [9.17, 15) is 4.79 Å². The second-order valence-electron chi connectivity index (χ2n) is 5.32. The topological polar surface area (TPSA) is 26.3 Å². The van der Waals surface area contributed by atoms with Crippen LogP contribution in [0.4, 0.5) is 0 Å². The molecule has 2 atom stereocenters. The monoisotopic (exact) mass is 194 g/mol. The van der Waals surface area contributed by atoms with Crippen LogP contribution >= 0.6 is 0 Å². The summed E-state index contributed by atoms with van der Waals surface area (Å²) in [5, 5.41) is 0. The lowest BCUT2D eigenvalue weighted by atomic mass is 9.70. The van der Waals surface area contributed by atoms with Crippen LogP contribution in [-0.2, 0) is 9.53 Å². The second kappa shape index (κ2) is 2.62. The minimum atomic E-state index is -0.194. The van der Waals surface area contributed by atoms with Crippen molar-refractivity contribution < 1.29 is 9.53 Å². The van der Waals surface area contributed by atoms with Gasteiger partial charge in [-0.3, -0.25) is 4.79 Å². The molecule has 0 saturated heterocycles. The van der Waals surface area contributed by atoms with Gasteiger partial charge in [0.2, 0.25) is 0 Å². The van der Waals surface area contributed by atoms with Crippen LogP contribution in [0.5, 0.6) is 0 Å². The number of fused-ring (bicyclic) bond motifs is 2. The number of carbonyl (C=O) groups excluding carboxylic acids is 1. The number of hydrogen-bond donors (Lipinski definition) is 0. The molecule has 0 aromatic heterocycles. The Morgan fingerprint density at radius 2 is 2.14 bits per heavy atom. The van der Waals surface area contributed by atoms with Crippen molar-refractivity contribution >= 4 is 5.97 Å². The average molecular weight is 194 g/mol. The molecule has 14 heavy (non-hydrogen) atoms. The molecule has 2 aliphatic rings. The van der Waals surface area contributed by atoms with Crippen molar-refractivity contribution in [3.8, 4) is 0 Å². The fraction of sp³-hybridized carbons (Fsp3) is 0.750. The molecular weight excluding hydrogens is 176 g/mol. The minimum Gasteiger partial charge on any atom is -0.431 e. The highest BCUT2D eigenvalue weighted by Gasteiger charge is 2.58. The molecule has 2 nitrogen and oxygen atoms in total. The van der Waals surface area contributed by atoms with E-state index in [0.717, 1.165) is 12.2 Å². The molecule has 0 aromatic rings. The number of esters is 1. The predicted molar refractivity (Wildman–Crippen MR) is 54.5 cm³/mol. The van der Waals surface area contributed by atoms with Gasteiger partial charge in [-0.25, -0.2) is 0 Å². The lowest BCUT2D eigenvalue weighted by molar-refractivity contribution is -0.139. The Morgan fingerprint density at radius 3 is 2.50 bits per heavy atom. The van der Waals surface area contributed by atoms with Crippen molar-refractivity contribution in [1.29, 1.82) is 0 Å². The van der Waals surface area contributed by atoms with Gasteiger partial charge in [0, 0.05) is 12.3 Å². The number of carbonyl (C=O) groups is 1. The zero-order chi connectivity index (χ0) is 10.6. The first-order valence-corrected chi connectivity index (χ1v) is 5.28. The van der Waals surface area contributed by atoms with E-state index in [4.69, 9.17) is 4.74 Å². The summed E-state index contributed by atoms with van der Waals surface area (Å²) in [6.45, 7) is 8.24. The van der Waals surface area contributed by atoms with Crippen molar-refractivity contribution in [3.05, 3.63) is 11.8 Å². The van der Waals surface area contributed by atoms with Crippen LogP contribution < -0.4 is 0 Å². The van der Waals surface area contributed by atoms with Gasteiger partial charge in [-0.2, -0.15) is 0 Å². The van der Waals surface area contributed by atoms with E-state index < -0.39 is 0 Å². The first kappa shape index (κ1) is 9.75. The number of hydrogen-bond acceptors (Lipinski definition) is 2. The largest absolute Gasteiger partial charge is 0.431 e. The maximum absolute atomic E-state index is 11.0. The second-order valence-corrected chi connectivity index (χ2v) is 5.32. The van der Waals surface area contributed by atoms with E-state index >= 15 is 0 Å². The average Bonchev–Trinajstić information content (AvgIpc) is 2.35.